The summed E-state index contributed by atoms with van der Waals surface area (Å²) in [6, 6.07) is 5.24. The molecule has 132 valence electrons. The van der Waals surface area contributed by atoms with Gasteiger partial charge in [0.2, 0.25) is 0 Å². The molecule has 1 N–H and O–H groups in total. The van der Waals surface area contributed by atoms with Gasteiger partial charge in [0, 0.05) is 24.3 Å². The molecule has 0 aliphatic heterocycles. The Bertz CT molecular complexity index is 678. The molecule has 0 aliphatic rings. The molecule has 0 bridgehead atoms. The maximum atomic E-state index is 12.6. The Balaban J connectivity index is 2.04. The third kappa shape index (κ3) is 4.36. The molecule has 0 unspecified atom stereocenters. The van der Waals surface area contributed by atoms with E-state index in [1.165, 1.54) is 12.1 Å². The van der Waals surface area contributed by atoms with Crippen LogP contribution in [0.4, 0.5) is 13.2 Å². The summed E-state index contributed by atoms with van der Waals surface area (Å²) < 4.78 is 39.5. The fourth-order valence-corrected chi connectivity index (χ4v) is 2.71. The van der Waals surface area contributed by atoms with Gasteiger partial charge in [-0.3, -0.25) is 9.58 Å². The minimum Gasteiger partial charge on any atom is -0.394 e. The number of hydrogen-bond acceptors (Lipinski definition) is 3. The van der Waals surface area contributed by atoms with Crippen molar-refractivity contribution in [2.75, 3.05) is 13.7 Å². The van der Waals surface area contributed by atoms with Gasteiger partial charge in [-0.25, -0.2) is 0 Å². The first-order valence-corrected chi connectivity index (χ1v) is 7.70. The highest BCUT2D eigenvalue weighted by atomic mass is 19.4. The molecular formula is C17H22F3N3O. The van der Waals surface area contributed by atoms with E-state index in [4.69, 9.17) is 5.11 Å². The average molecular weight is 341 g/mol. The van der Waals surface area contributed by atoms with Crippen molar-refractivity contribution < 1.29 is 18.3 Å². The number of alkyl halides is 3. The lowest BCUT2D eigenvalue weighted by atomic mass is 10.1. The van der Waals surface area contributed by atoms with Gasteiger partial charge in [-0.15, -0.1) is 0 Å². The molecule has 0 fully saturated rings. The van der Waals surface area contributed by atoms with Crippen LogP contribution < -0.4 is 0 Å². The predicted octanol–water partition coefficient (Wildman–Crippen LogP) is 3.14. The Morgan fingerprint density at radius 1 is 1.12 bits per heavy atom. The highest BCUT2D eigenvalue weighted by molar-refractivity contribution is 5.26. The molecule has 4 nitrogen and oxygen atoms in total. The molecule has 0 aliphatic carbocycles. The van der Waals surface area contributed by atoms with Crippen molar-refractivity contribution in [2.24, 2.45) is 0 Å². The SMILES string of the molecule is Cc1nn(CCO)c(C)c1CN(C)Cc1ccc(C(F)(F)F)cc1. The first kappa shape index (κ1) is 18.5. The van der Waals surface area contributed by atoms with Crippen LogP contribution in [0.25, 0.3) is 0 Å². The van der Waals surface area contributed by atoms with Crippen molar-refractivity contribution in [1.82, 2.24) is 14.7 Å². The summed E-state index contributed by atoms with van der Waals surface area (Å²) in [6.45, 7) is 5.55. The van der Waals surface area contributed by atoms with E-state index in [9.17, 15) is 13.2 Å². The van der Waals surface area contributed by atoms with Crippen LogP contribution >= 0.6 is 0 Å². The summed E-state index contributed by atoms with van der Waals surface area (Å²) in [7, 11) is 1.92. The van der Waals surface area contributed by atoms with Crippen LogP contribution in [0.5, 0.6) is 0 Å². The summed E-state index contributed by atoms with van der Waals surface area (Å²) in [6.07, 6.45) is -4.31. The Morgan fingerprint density at radius 2 is 1.75 bits per heavy atom. The van der Waals surface area contributed by atoms with Crippen LogP contribution in [0.1, 0.15) is 28.1 Å². The van der Waals surface area contributed by atoms with Gasteiger partial charge in [0.05, 0.1) is 24.4 Å². The zero-order valence-corrected chi connectivity index (χ0v) is 14.1. The summed E-state index contributed by atoms with van der Waals surface area (Å²) in [5.41, 5.74) is 3.17. The van der Waals surface area contributed by atoms with E-state index in [0.29, 0.717) is 19.6 Å². The molecule has 0 amide bonds. The Hall–Kier alpha value is -1.86. The molecule has 1 aromatic heterocycles. The maximum Gasteiger partial charge on any atom is 0.416 e. The van der Waals surface area contributed by atoms with Crippen LogP contribution in [0.3, 0.4) is 0 Å². The molecule has 1 heterocycles. The number of benzene rings is 1. The van der Waals surface area contributed by atoms with Gasteiger partial charge in [0.15, 0.2) is 0 Å². The summed E-state index contributed by atoms with van der Waals surface area (Å²) in [5, 5.41) is 13.5. The van der Waals surface area contributed by atoms with E-state index in [1.807, 2.05) is 25.8 Å². The van der Waals surface area contributed by atoms with E-state index in [2.05, 4.69) is 5.10 Å². The van der Waals surface area contributed by atoms with Gasteiger partial charge in [0.1, 0.15) is 0 Å². The van der Waals surface area contributed by atoms with E-state index in [0.717, 1.165) is 34.6 Å². The van der Waals surface area contributed by atoms with Crippen LogP contribution in [0.15, 0.2) is 24.3 Å². The highest BCUT2D eigenvalue weighted by Crippen LogP contribution is 2.29. The van der Waals surface area contributed by atoms with Gasteiger partial charge in [-0.1, -0.05) is 12.1 Å². The zero-order chi connectivity index (χ0) is 17.9. The van der Waals surface area contributed by atoms with Gasteiger partial charge in [-0.2, -0.15) is 18.3 Å². The number of aliphatic hydroxyl groups excluding tert-OH is 1. The number of aromatic nitrogens is 2. The van der Waals surface area contributed by atoms with Gasteiger partial charge < -0.3 is 5.11 Å². The van der Waals surface area contributed by atoms with Crippen molar-refractivity contribution in [3.8, 4) is 0 Å². The average Bonchev–Trinajstić information content (AvgIpc) is 2.75. The molecule has 2 rings (SSSR count). The largest absolute Gasteiger partial charge is 0.416 e. The molecule has 2 aromatic rings. The van der Waals surface area contributed by atoms with E-state index in [1.54, 1.807) is 4.68 Å². The van der Waals surface area contributed by atoms with Crippen LogP contribution in [0, 0.1) is 13.8 Å². The highest BCUT2D eigenvalue weighted by Gasteiger charge is 2.29. The molecule has 7 heteroatoms. The van der Waals surface area contributed by atoms with Crippen molar-refractivity contribution in [3.05, 3.63) is 52.3 Å². The molecule has 0 radical (unpaired) electrons. The second-order valence-corrected chi connectivity index (χ2v) is 5.96. The van der Waals surface area contributed by atoms with Gasteiger partial charge in [-0.05, 0) is 38.6 Å². The zero-order valence-electron chi connectivity index (χ0n) is 14.1. The quantitative estimate of drug-likeness (QED) is 0.878. The number of aliphatic hydroxyl groups is 1. The number of halogens is 3. The lowest BCUT2D eigenvalue weighted by Crippen LogP contribution is -2.18. The normalized spacial score (nSPS) is 12.2. The molecule has 24 heavy (non-hydrogen) atoms. The number of hydrogen-bond donors (Lipinski definition) is 1. The van der Waals surface area contributed by atoms with Gasteiger partial charge >= 0.3 is 6.18 Å². The fourth-order valence-electron chi connectivity index (χ4n) is 2.71. The standard InChI is InChI=1S/C17H22F3N3O/c1-12-16(13(2)23(21-12)8-9-24)11-22(3)10-14-4-6-15(7-5-14)17(18,19)20/h4-7,24H,8-11H2,1-3H3. The van der Waals surface area contributed by atoms with E-state index < -0.39 is 11.7 Å². The lowest BCUT2D eigenvalue weighted by molar-refractivity contribution is -0.137. The monoisotopic (exact) mass is 341 g/mol. The second kappa shape index (κ2) is 7.36. The van der Waals surface area contributed by atoms with E-state index in [-0.39, 0.29) is 6.61 Å². The van der Waals surface area contributed by atoms with Crippen molar-refractivity contribution in [2.45, 2.75) is 39.7 Å². The number of rotatable bonds is 6. The smallest absolute Gasteiger partial charge is 0.394 e. The van der Waals surface area contributed by atoms with Crippen molar-refractivity contribution in [3.63, 3.8) is 0 Å². The first-order valence-electron chi connectivity index (χ1n) is 7.70. The lowest BCUT2D eigenvalue weighted by Gasteiger charge is -2.17. The van der Waals surface area contributed by atoms with Crippen LogP contribution in [-0.2, 0) is 25.8 Å². The molecular weight excluding hydrogens is 319 g/mol. The third-order valence-corrected chi connectivity index (χ3v) is 4.00. The molecule has 0 atom stereocenters. The third-order valence-electron chi connectivity index (χ3n) is 4.00. The minimum atomic E-state index is -4.31. The molecule has 0 saturated carbocycles. The molecule has 1 aromatic carbocycles. The minimum absolute atomic E-state index is 0.0305. The maximum absolute atomic E-state index is 12.6. The van der Waals surface area contributed by atoms with Crippen molar-refractivity contribution in [1.29, 1.82) is 0 Å². The van der Waals surface area contributed by atoms with Crippen LogP contribution in [-0.4, -0.2) is 33.4 Å². The Morgan fingerprint density at radius 3 is 2.29 bits per heavy atom. The summed E-state index contributed by atoms with van der Waals surface area (Å²) in [5.74, 6) is 0. The Labute approximate surface area is 139 Å². The Kier molecular flexibility index (Phi) is 5.66. The predicted molar refractivity (Wildman–Crippen MR) is 85.4 cm³/mol. The van der Waals surface area contributed by atoms with Crippen LogP contribution in [0.2, 0.25) is 0 Å². The number of nitrogens with zero attached hydrogens (tertiary/aromatic N) is 3. The molecule has 0 saturated heterocycles. The number of aryl methyl sites for hydroxylation is 1. The van der Waals surface area contributed by atoms with E-state index >= 15 is 0 Å². The fraction of sp³-hybridized carbons (Fsp3) is 0.471. The first-order chi connectivity index (χ1) is 11.2. The summed E-state index contributed by atoms with van der Waals surface area (Å²) >= 11 is 0. The summed E-state index contributed by atoms with van der Waals surface area (Å²) in [4.78, 5) is 2.03. The topological polar surface area (TPSA) is 41.3 Å². The second-order valence-electron chi connectivity index (χ2n) is 5.96. The van der Waals surface area contributed by atoms with Gasteiger partial charge in [0.25, 0.3) is 0 Å². The van der Waals surface area contributed by atoms with Crippen molar-refractivity contribution >= 4 is 0 Å². The molecule has 0 spiro atoms.